The number of rotatable bonds is 6. The number of aliphatic carboxylic acids is 1. The molecule has 1 heterocycles. The molecule has 2 saturated carbocycles. The lowest BCUT2D eigenvalue weighted by molar-refractivity contribution is -0.160. The van der Waals surface area contributed by atoms with Gasteiger partial charge >= 0.3 is 5.97 Å². The van der Waals surface area contributed by atoms with Gasteiger partial charge in [0.15, 0.2) is 0 Å². The van der Waals surface area contributed by atoms with Crippen molar-refractivity contribution in [1.29, 1.82) is 0 Å². The highest BCUT2D eigenvalue weighted by Gasteiger charge is 2.47. The Bertz CT molecular complexity index is 541. The molecular formula is C18H25NO4. The summed E-state index contributed by atoms with van der Waals surface area (Å²) in [4.78, 5) is 26.4. The van der Waals surface area contributed by atoms with Crippen LogP contribution in [0.5, 0.6) is 0 Å². The number of furan rings is 1. The Morgan fingerprint density at radius 1 is 1.22 bits per heavy atom. The minimum Gasteiger partial charge on any atom is -0.481 e. The van der Waals surface area contributed by atoms with E-state index in [1.807, 2.05) is 11.0 Å². The van der Waals surface area contributed by atoms with E-state index in [0.717, 1.165) is 37.7 Å². The summed E-state index contributed by atoms with van der Waals surface area (Å²) in [5.74, 6) is -0.829. The maximum atomic E-state index is 12.9. The fourth-order valence-electron chi connectivity index (χ4n) is 3.85. The Balaban J connectivity index is 1.73. The largest absolute Gasteiger partial charge is 0.481 e. The molecule has 1 aromatic heterocycles. The van der Waals surface area contributed by atoms with E-state index in [1.54, 1.807) is 12.5 Å². The van der Waals surface area contributed by atoms with Gasteiger partial charge in [-0.25, -0.2) is 0 Å². The smallest absolute Gasteiger partial charge is 0.310 e. The lowest BCUT2D eigenvalue weighted by atomic mass is 9.66. The molecule has 2 fully saturated rings. The van der Waals surface area contributed by atoms with Crippen molar-refractivity contribution in [1.82, 2.24) is 4.90 Å². The highest BCUT2D eigenvalue weighted by molar-refractivity contribution is 5.85. The molecule has 0 radical (unpaired) electrons. The second kappa shape index (κ2) is 6.77. The van der Waals surface area contributed by atoms with Crippen LogP contribution in [-0.2, 0) is 16.1 Å². The van der Waals surface area contributed by atoms with Gasteiger partial charge in [-0.3, -0.25) is 9.59 Å². The highest BCUT2D eigenvalue weighted by Crippen LogP contribution is 2.45. The molecule has 0 spiro atoms. The van der Waals surface area contributed by atoms with Gasteiger partial charge < -0.3 is 14.4 Å². The molecule has 126 valence electrons. The number of carbonyl (C=O) groups excluding carboxylic acids is 1. The Hall–Kier alpha value is -1.78. The summed E-state index contributed by atoms with van der Waals surface area (Å²) in [7, 11) is 0. The number of hydrogen-bond acceptors (Lipinski definition) is 3. The zero-order valence-electron chi connectivity index (χ0n) is 13.5. The van der Waals surface area contributed by atoms with Crippen LogP contribution in [0.25, 0.3) is 0 Å². The SMILES string of the molecule is O=C(CC1(C(=O)O)CCC1)N(Cc1ccoc1)C1CCCCC1. The molecule has 0 aromatic carbocycles. The van der Waals surface area contributed by atoms with Crippen LogP contribution in [-0.4, -0.2) is 27.9 Å². The first kappa shape index (κ1) is 16.1. The third-order valence-corrected chi connectivity index (χ3v) is 5.52. The molecule has 0 unspecified atom stereocenters. The Morgan fingerprint density at radius 2 is 1.96 bits per heavy atom. The quantitative estimate of drug-likeness (QED) is 0.870. The maximum absolute atomic E-state index is 12.9. The van der Waals surface area contributed by atoms with Crippen molar-refractivity contribution < 1.29 is 19.1 Å². The predicted octanol–water partition coefficient (Wildman–Crippen LogP) is 3.59. The van der Waals surface area contributed by atoms with Crippen LogP contribution in [0.4, 0.5) is 0 Å². The van der Waals surface area contributed by atoms with E-state index in [1.165, 1.54) is 6.42 Å². The third kappa shape index (κ3) is 3.43. The van der Waals surface area contributed by atoms with Crippen molar-refractivity contribution in [3.05, 3.63) is 24.2 Å². The number of hydrogen-bond donors (Lipinski definition) is 1. The van der Waals surface area contributed by atoms with Crippen molar-refractivity contribution in [2.75, 3.05) is 0 Å². The van der Waals surface area contributed by atoms with Crippen LogP contribution < -0.4 is 0 Å². The zero-order chi connectivity index (χ0) is 16.3. The minimum atomic E-state index is -0.819. The Morgan fingerprint density at radius 3 is 2.48 bits per heavy atom. The number of amides is 1. The molecule has 1 amide bonds. The van der Waals surface area contributed by atoms with Crippen LogP contribution in [0.3, 0.4) is 0 Å². The Labute approximate surface area is 136 Å². The predicted molar refractivity (Wildman–Crippen MR) is 84.7 cm³/mol. The summed E-state index contributed by atoms with van der Waals surface area (Å²) in [5.41, 5.74) is 0.155. The first-order valence-corrected chi connectivity index (χ1v) is 8.65. The van der Waals surface area contributed by atoms with E-state index in [2.05, 4.69) is 0 Å². The van der Waals surface area contributed by atoms with Gasteiger partial charge in [0.05, 0.1) is 17.9 Å². The van der Waals surface area contributed by atoms with Crippen molar-refractivity contribution in [2.24, 2.45) is 5.41 Å². The van der Waals surface area contributed by atoms with Gasteiger partial charge in [0.25, 0.3) is 0 Å². The van der Waals surface area contributed by atoms with Crippen LogP contribution >= 0.6 is 0 Å². The van der Waals surface area contributed by atoms with E-state index >= 15 is 0 Å². The Kier molecular flexibility index (Phi) is 4.74. The fourth-order valence-corrected chi connectivity index (χ4v) is 3.85. The lowest BCUT2D eigenvalue weighted by Gasteiger charge is -2.40. The van der Waals surface area contributed by atoms with Crippen LogP contribution in [0.2, 0.25) is 0 Å². The first-order chi connectivity index (χ1) is 11.1. The van der Waals surface area contributed by atoms with Gasteiger partial charge in [-0.05, 0) is 31.7 Å². The van der Waals surface area contributed by atoms with Crippen LogP contribution in [0.15, 0.2) is 23.0 Å². The van der Waals surface area contributed by atoms with Crippen molar-refractivity contribution in [2.45, 2.75) is 70.4 Å². The molecule has 1 N–H and O–H groups in total. The molecule has 2 aliphatic carbocycles. The van der Waals surface area contributed by atoms with E-state index in [0.29, 0.717) is 19.4 Å². The van der Waals surface area contributed by atoms with Crippen molar-refractivity contribution in [3.8, 4) is 0 Å². The van der Waals surface area contributed by atoms with E-state index < -0.39 is 11.4 Å². The number of nitrogens with zero attached hydrogens (tertiary/aromatic N) is 1. The van der Waals surface area contributed by atoms with Gasteiger partial charge in [-0.1, -0.05) is 25.7 Å². The van der Waals surface area contributed by atoms with Crippen LogP contribution in [0, 0.1) is 5.41 Å². The molecule has 0 atom stereocenters. The summed E-state index contributed by atoms with van der Waals surface area (Å²) in [6, 6.07) is 2.11. The molecule has 1 aromatic rings. The monoisotopic (exact) mass is 319 g/mol. The topological polar surface area (TPSA) is 70.8 Å². The summed E-state index contributed by atoms with van der Waals surface area (Å²) in [5, 5.41) is 9.50. The normalized spacial score (nSPS) is 20.7. The summed E-state index contributed by atoms with van der Waals surface area (Å²) in [6.07, 6.45) is 11.1. The molecule has 3 rings (SSSR count). The van der Waals surface area contributed by atoms with Crippen molar-refractivity contribution in [3.63, 3.8) is 0 Å². The average Bonchev–Trinajstić information content (AvgIpc) is 3.02. The second-order valence-electron chi connectivity index (χ2n) is 7.06. The van der Waals surface area contributed by atoms with E-state index in [9.17, 15) is 14.7 Å². The average molecular weight is 319 g/mol. The number of carboxylic acid groups (broad SMARTS) is 1. The van der Waals surface area contributed by atoms with Crippen LogP contribution in [0.1, 0.15) is 63.4 Å². The molecule has 5 nitrogen and oxygen atoms in total. The number of carbonyl (C=O) groups is 2. The van der Waals surface area contributed by atoms with Gasteiger partial charge in [-0.15, -0.1) is 0 Å². The minimum absolute atomic E-state index is 0.0137. The van der Waals surface area contributed by atoms with Gasteiger partial charge in [-0.2, -0.15) is 0 Å². The van der Waals surface area contributed by atoms with Crippen molar-refractivity contribution >= 4 is 11.9 Å². The van der Waals surface area contributed by atoms with Gasteiger partial charge in [0.2, 0.25) is 5.91 Å². The first-order valence-electron chi connectivity index (χ1n) is 8.65. The zero-order valence-corrected chi connectivity index (χ0v) is 13.5. The standard InChI is InChI=1S/C18H25NO4/c20-16(11-18(17(21)22)8-4-9-18)19(12-14-7-10-23-13-14)15-5-2-1-3-6-15/h7,10,13,15H,1-6,8-9,11-12H2,(H,21,22). The molecular weight excluding hydrogens is 294 g/mol. The molecule has 0 saturated heterocycles. The molecule has 5 heteroatoms. The maximum Gasteiger partial charge on any atom is 0.310 e. The summed E-state index contributed by atoms with van der Waals surface area (Å²) in [6.45, 7) is 0.524. The van der Waals surface area contributed by atoms with Gasteiger partial charge in [0.1, 0.15) is 0 Å². The molecule has 0 aliphatic heterocycles. The lowest BCUT2D eigenvalue weighted by Crippen LogP contribution is -2.47. The second-order valence-corrected chi connectivity index (χ2v) is 7.06. The fraction of sp³-hybridized carbons (Fsp3) is 0.667. The molecule has 23 heavy (non-hydrogen) atoms. The number of carboxylic acids is 1. The highest BCUT2D eigenvalue weighted by atomic mass is 16.4. The molecule has 2 aliphatic rings. The van der Waals surface area contributed by atoms with E-state index in [-0.39, 0.29) is 18.4 Å². The third-order valence-electron chi connectivity index (χ3n) is 5.52. The van der Waals surface area contributed by atoms with Gasteiger partial charge in [0, 0.05) is 24.6 Å². The summed E-state index contributed by atoms with van der Waals surface area (Å²) < 4.78 is 5.12. The van der Waals surface area contributed by atoms with E-state index in [4.69, 9.17) is 4.42 Å². The summed E-state index contributed by atoms with van der Waals surface area (Å²) >= 11 is 0. The molecule has 0 bridgehead atoms.